The van der Waals surface area contributed by atoms with Crippen LogP contribution in [0.5, 0.6) is 0 Å². The van der Waals surface area contributed by atoms with Gasteiger partial charge < -0.3 is 9.73 Å². The molecule has 3 aromatic rings. The molecule has 0 bridgehead atoms. The molecule has 0 radical (unpaired) electrons. The van der Waals surface area contributed by atoms with Crippen molar-refractivity contribution in [2.24, 2.45) is 0 Å². The Morgan fingerprint density at radius 2 is 2.20 bits per heavy atom. The molecule has 2 aromatic heterocycles. The molecule has 0 saturated carbocycles. The second-order valence-electron chi connectivity index (χ2n) is 6.03. The highest BCUT2D eigenvalue weighted by Gasteiger charge is 2.27. The van der Waals surface area contributed by atoms with Crippen LogP contribution >= 0.6 is 0 Å². The number of carbonyl (C=O) groups is 1. The van der Waals surface area contributed by atoms with Crippen LogP contribution in [0.4, 0.5) is 0 Å². The van der Waals surface area contributed by atoms with Crippen molar-refractivity contribution in [3.63, 3.8) is 0 Å². The SMILES string of the molecule is CCc1nc2n(n1)CCCC2NC(=O)c1cnc(-c2ccccc2)o1. The number of nitrogens with one attached hydrogen (secondary N) is 1. The molecule has 0 spiro atoms. The van der Waals surface area contributed by atoms with E-state index in [9.17, 15) is 4.79 Å². The lowest BCUT2D eigenvalue weighted by molar-refractivity contribution is 0.0900. The summed E-state index contributed by atoms with van der Waals surface area (Å²) in [5, 5.41) is 7.46. The predicted molar refractivity (Wildman–Crippen MR) is 90.8 cm³/mol. The van der Waals surface area contributed by atoms with Crippen LogP contribution in [0, 0.1) is 0 Å². The third-order valence-corrected chi connectivity index (χ3v) is 4.29. The van der Waals surface area contributed by atoms with Crippen LogP contribution in [0.15, 0.2) is 40.9 Å². The molecule has 1 aliphatic heterocycles. The van der Waals surface area contributed by atoms with Gasteiger partial charge >= 0.3 is 0 Å². The predicted octanol–water partition coefficient (Wildman–Crippen LogP) is 2.76. The van der Waals surface area contributed by atoms with E-state index in [-0.39, 0.29) is 17.7 Å². The molecule has 1 aliphatic rings. The topological polar surface area (TPSA) is 85.8 Å². The Balaban J connectivity index is 1.52. The third kappa shape index (κ3) is 3.05. The normalized spacial score (nSPS) is 16.4. The number of aryl methyl sites for hydroxylation is 2. The molecule has 1 atom stereocenters. The first kappa shape index (κ1) is 15.6. The van der Waals surface area contributed by atoms with Gasteiger partial charge in [0.15, 0.2) is 5.82 Å². The van der Waals surface area contributed by atoms with Gasteiger partial charge in [0, 0.05) is 18.5 Å². The molecule has 7 nitrogen and oxygen atoms in total. The van der Waals surface area contributed by atoms with Crippen molar-refractivity contribution < 1.29 is 9.21 Å². The molecule has 3 heterocycles. The highest BCUT2D eigenvalue weighted by Crippen LogP contribution is 2.24. The largest absolute Gasteiger partial charge is 0.431 e. The van der Waals surface area contributed by atoms with E-state index in [4.69, 9.17) is 4.42 Å². The zero-order valence-electron chi connectivity index (χ0n) is 14.0. The van der Waals surface area contributed by atoms with Gasteiger partial charge in [-0.1, -0.05) is 25.1 Å². The van der Waals surface area contributed by atoms with Gasteiger partial charge in [-0.2, -0.15) is 5.10 Å². The fraction of sp³-hybridized carbons (Fsp3) is 0.333. The fourth-order valence-electron chi connectivity index (χ4n) is 3.01. The number of rotatable bonds is 4. The molecular weight excluding hydrogens is 318 g/mol. The molecular formula is C18H19N5O2. The lowest BCUT2D eigenvalue weighted by atomic mass is 10.1. The van der Waals surface area contributed by atoms with Crippen LogP contribution in [-0.2, 0) is 13.0 Å². The van der Waals surface area contributed by atoms with Gasteiger partial charge in [-0.25, -0.2) is 14.6 Å². The Labute approximate surface area is 145 Å². The minimum Gasteiger partial charge on any atom is -0.431 e. The standard InChI is InChI=1S/C18H19N5O2/c1-2-15-21-16-13(9-6-10-23(16)22-15)20-17(24)14-11-19-18(25-14)12-7-4-3-5-8-12/h3-5,7-8,11,13H,2,6,9-10H2,1H3,(H,20,24). The maximum atomic E-state index is 12.5. The van der Waals surface area contributed by atoms with Crippen LogP contribution < -0.4 is 5.32 Å². The Bertz CT molecular complexity index is 884. The van der Waals surface area contributed by atoms with Crippen molar-refractivity contribution in [2.45, 2.75) is 38.8 Å². The second kappa shape index (κ2) is 6.51. The summed E-state index contributed by atoms with van der Waals surface area (Å²) >= 11 is 0. The molecule has 128 valence electrons. The summed E-state index contributed by atoms with van der Waals surface area (Å²) in [7, 11) is 0. The van der Waals surface area contributed by atoms with E-state index in [2.05, 4.69) is 20.4 Å². The highest BCUT2D eigenvalue weighted by atomic mass is 16.4. The zero-order valence-corrected chi connectivity index (χ0v) is 14.0. The van der Waals surface area contributed by atoms with E-state index in [1.165, 1.54) is 6.20 Å². The van der Waals surface area contributed by atoms with Crippen LogP contribution in [-0.4, -0.2) is 25.7 Å². The minimum absolute atomic E-state index is 0.153. The first-order valence-corrected chi connectivity index (χ1v) is 8.50. The van der Waals surface area contributed by atoms with Crippen LogP contribution in [0.2, 0.25) is 0 Å². The van der Waals surface area contributed by atoms with Crippen molar-refractivity contribution in [3.8, 4) is 11.5 Å². The number of fused-ring (bicyclic) bond motifs is 1. The highest BCUT2D eigenvalue weighted by molar-refractivity contribution is 5.91. The van der Waals surface area contributed by atoms with Crippen molar-refractivity contribution in [1.29, 1.82) is 0 Å². The molecule has 1 unspecified atom stereocenters. The van der Waals surface area contributed by atoms with Crippen LogP contribution in [0.3, 0.4) is 0 Å². The first-order valence-electron chi connectivity index (χ1n) is 8.50. The van der Waals surface area contributed by atoms with Crippen molar-refractivity contribution in [1.82, 2.24) is 25.1 Å². The summed E-state index contributed by atoms with van der Waals surface area (Å²) in [6.07, 6.45) is 4.04. The van der Waals surface area contributed by atoms with E-state index < -0.39 is 0 Å². The summed E-state index contributed by atoms with van der Waals surface area (Å²) in [6.45, 7) is 2.86. The Kier molecular flexibility index (Phi) is 4.05. The summed E-state index contributed by atoms with van der Waals surface area (Å²) in [4.78, 5) is 21.3. The van der Waals surface area contributed by atoms with E-state index in [0.29, 0.717) is 5.89 Å². The molecule has 1 amide bonds. The van der Waals surface area contributed by atoms with Gasteiger partial charge in [0.25, 0.3) is 5.91 Å². The summed E-state index contributed by atoms with van der Waals surface area (Å²) in [5.41, 5.74) is 0.839. The van der Waals surface area contributed by atoms with E-state index in [0.717, 1.165) is 43.0 Å². The molecule has 0 saturated heterocycles. The molecule has 7 heteroatoms. The molecule has 0 fully saturated rings. The third-order valence-electron chi connectivity index (χ3n) is 4.29. The monoisotopic (exact) mass is 337 g/mol. The summed E-state index contributed by atoms with van der Waals surface area (Å²) in [6, 6.07) is 9.36. The summed E-state index contributed by atoms with van der Waals surface area (Å²) < 4.78 is 7.51. The maximum absolute atomic E-state index is 12.5. The number of hydrogen-bond donors (Lipinski definition) is 1. The smallest absolute Gasteiger partial charge is 0.289 e. The van der Waals surface area contributed by atoms with Gasteiger partial charge in [-0.15, -0.1) is 0 Å². The molecule has 1 N–H and O–H groups in total. The van der Waals surface area contributed by atoms with Gasteiger partial charge in [-0.05, 0) is 25.0 Å². The minimum atomic E-state index is -0.283. The summed E-state index contributed by atoms with van der Waals surface area (Å²) in [5.74, 6) is 1.98. The molecule has 25 heavy (non-hydrogen) atoms. The van der Waals surface area contributed by atoms with Crippen molar-refractivity contribution in [2.75, 3.05) is 0 Å². The van der Waals surface area contributed by atoms with Gasteiger partial charge in [-0.3, -0.25) is 4.79 Å². The van der Waals surface area contributed by atoms with E-state index in [1.54, 1.807) is 0 Å². The van der Waals surface area contributed by atoms with Crippen LogP contribution in [0.1, 0.15) is 48.0 Å². The van der Waals surface area contributed by atoms with Crippen molar-refractivity contribution >= 4 is 5.91 Å². The van der Waals surface area contributed by atoms with Crippen molar-refractivity contribution in [3.05, 3.63) is 53.9 Å². The number of nitrogens with zero attached hydrogens (tertiary/aromatic N) is 4. The number of amides is 1. The lowest BCUT2D eigenvalue weighted by Crippen LogP contribution is -2.33. The van der Waals surface area contributed by atoms with E-state index in [1.807, 2.05) is 41.9 Å². The molecule has 1 aromatic carbocycles. The molecule has 0 aliphatic carbocycles. The number of carbonyl (C=O) groups excluding carboxylic acids is 1. The molecule has 4 rings (SSSR count). The lowest BCUT2D eigenvalue weighted by Gasteiger charge is -2.22. The van der Waals surface area contributed by atoms with E-state index >= 15 is 0 Å². The average molecular weight is 337 g/mol. The Hall–Kier alpha value is -2.96. The van der Waals surface area contributed by atoms with Gasteiger partial charge in [0.1, 0.15) is 5.82 Å². The van der Waals surface area contributed by atoms with Gasteiger partial charge in [0.05, 0.1) is 12.2 Å². The number of oxazole rings is 1. The number of hydrogen-bond acceptors (Lipinski definition) is 5. The van der Waals surface area contributed by atoms with Crippen LogP contribution in [0.25, 0.3) is 11.5 Å². The Morgan fingerprint density at radius 1 is 1.36 bits per heavy atom. The Morgan fingerprint density at radius 3 is 3.00 bits per heavy atom. The quantitative estimate of drug-likeness (QED) is 0.791. The second-order valence-corrected chi connectivity index (χ2v) is 6.03. The number of benzene rings is 1. The van der Waals surface area contributed by atoms with Gasteiger partial charge in [0.2, 0.25) is 11.7 Å². The average Bonchev–Trinajstić information content (AvgIpc) is 3.30. The number of aromatic nitrogens is 4. The zero-order chi connectivity index (χ0) is 17.2. The fourth-order valence-corrected chi connectivity index (χ4v) is 3.01. The maximum Gasteiger partial charge on any atom is 0.289 e. The first-order chi connectivity index (χ1) is 12.2.